The third-order valence-electron chi connectivity index (χ3n) is 3.39. The van der Waals surface area contributed by atoms with Gasteiger partial charge in [0.2, 0.25) is 0 Å². The Kier molecular flexibility index (Phi) is 3.44. The number of fused-ring (bicyclic) bond motifs is 1. The summed E-state index contributed by atoms with van der Waals surface area (Å²) in [4.78, 5) is 2.33. The molecule has 1 heterocycles. The van der Waals surface area contributed by atoms with E-state index in [1.807, 2.05) is 0 Å². The van der Waals surface area contributed by atoms with Gasteiger partial charge in [-0.25, -0.2) is 0 Å². The maximum Gasteiger partial charge on any atom is 0.0658 e. The minimum atomic E-state index is 0.587. The normalized spacial score (nSPS) is 13.9. The smallest absolute Gasteiger partial charge is 0.0658 e. The van der Waals surface area contributed by atoms with E-state index in [1.54, 1.807) is 0 Å². The second-order valence-electron chi connectivity index (χ2n) is 4.61. The molecule has 0 unspecified atom stereocenters. The molecular formula is C15H16BrN3. The van der Waals surface area contributed by atoms with Crippen LogP contribution in [0.25, 0.3) is 0 Å². The van der Waals surface area contributed by atoms with Crippen LogP contribution in [0.3, 0.4) is 0 Å². The van der Waals surface area contributed by atoms with E-state index < -0.39 is 0 Å². The van der Waals surface area contributed by atoms with Crippen molar-refractivity contribution < 1.29 is 0 Å². The number of benzene rings is 2. The van der Waals surface area contributed by atoms with Gasteiger partial charge in [-0.3, -0.25) is 0 Å². The highest BCUT2D eigenvalue weighted by atomic mass is 79.9. The molecule has 0 radical (unpaired) electrons. The zero-order valence-corrected chi connectivity index (χ0v) is 12.2. The minimum Gasteiger partial charge on any atom is -0.382 e. The van der Waals surface area contributed by atoms with Gasteiger partial charge in [0, 0.05) is 29.8 Å². The zero-order valence-electron chi connectivity index (χ0n) is 10.6. The molecule has 3 rings (SSSR count). The maximum atomic E-state index is 5.64. The fourth-order valence-electron chi connectivity index (χ4n) is 2.38. The van der Waals surface area contributed by atoms with E-state index in [0.717, 1.165) is 23.1 Å². The van der Waals surface area contributed by atoms with E-state index in [0.29, 0.717) is 6.54 Å². The fraction of sp³-hybridized carbons (Fsp3) is 0.200. The van der Waals surface area contributed by atoms with Crippen molar-refractivity contribution in [3.8, 4) is 0 Å². The Morgan fingerprint density at radius 2 is 1.95 bits per heavy atom. The second kappa shape index (κ2) is 5.23. The molecule has 0 bridgehead atoms. The summed E-state index contributed by atoms with van der Waals surface area (Å²) in [6.07, 6.45) is 0. The van der Waals surface area contributed by atoms with Crippen LogP contribution in [0, 0.1) is 0 Å². The molecule has 0 spiro atoms. The highest BCUT2D eigenvalue weighted by molar-refractivity contribution is 9.10. The lowest BCUT2D eigenvalue weighted by atomic mass is 10.1. The lowest BCUT2D eigenvalue weighted by Gasteiger charge is -2.32. The maximum absolute atomic E-state index is 5.64. The molecule has 0 saturated heterocycles. The largest absolute Gasteiger partial charge is 0.382 e. The highest BCUT2D eigenvalue weighted by Gasteiger charge is 2.17. The van der Waals surface area contributed by atoms with Crippen LogP contribution in [0.15, 0.2) is 46.9 Å². The molecule has 3 N–H and O–H groups in total. The molecule has 3 nitrogen and oxygen atoms in total. The standard InChI is InChI=1S/C15H16BrN3/c16-12-3-6-14-15(9-12)19(8-7-18-14)13-4-1-11(10-17)2-5-13/h1-6,9,18H,7-8,10,17H2. The van der Waals surface area contributed by atoms with Crippen LogP contribution < -0.4 is 16.0 Å². The number of hydrogen-bond donors (Lipinski definition) is 2. The second-order valence-corrected chi connectivity index (χ2v) is 5.53. The number of anilines is 3. The van der Waals surface area contributed by atoms with Crippen molar-refractivity contribution >= 4 is 33.0 Å². The average molecular weight is 318 g/mol. The number of nitrogens with one attached hydrogen (secondary N) is 1. The SMILES string of the molecule is NCc1ccc(N2CCNc3ccc(Br)cc32)cc1. The molecule has 98 valence electrons. The number of rotatable bonds is 2. The van der Waals surface area contributed by atoms with Gasteiger partial charge in [0.05, 0.1) is 11.4 Å². The molecule has 0 amide bonds. The van der Waals surface area contributed by atoms with Crippen LogP contribution in [0.5, 0.6) is 0 Å². The lowest BCUT2D eigenvalue weighted by Crippen LogP contribution is -2.30. The first-order valence-electron chi connectivity index (χ1n) is 6.38. The van der Waals surface area contributed by atoms with Crippen LogP contribution in [-0.2, 0) is 6.54 Å². The highest BCUT2D eigenvalue weighted by Crippen LogP contribution is 2.36. The first-order chi connectivity index (χ1) is 9.28. The fourth-order valence-corrected chi connectivity index (χ4v) is 2.73. The monoisotopic (exact) mass is 317 g/mol. The third-order valence-corrected chi connectivity index (χ3v) is 3.88. The molecule has 1 aliphatic rings. The van der Waals surface area contributed by atoms with E-state index in [1.165, 1.54) is 17.1 Å². The van der Waals surface area contributed by atoms with E-state index in [4.69, 9.17) is 5.73 Å². The predicted octanol–water partition coefficient (Wildman–Crippen LogP) is 3.47. The topological polar surface area (TPSA) is 41.3 Å². The molecule has 0 aromatic heterocycles. The number of nitrogens with zero attached hydrogens (tertiary/aromatic N) is 1. The van der Waals surface area contributed by atoms with E-state index in [-0.39, 0.29) is 0 Å². The molecule has 4 heteroatoms. The molecule has 0 saturated carbocycles. The van der Waals surface area contributed by atoms with Crippen molar-refractivity contribution in [3.63, 3.8) is 0 Å². The number of nitrogens with two attached hydrogens (primary N) is 1. The van der Waals surface area contributed by atoms with E-state index in [9.17, 15) is 0 Å². The van der Waals surface area contributed by atoms with Gasteiger partial charge in [0.25, 0.3) is 0 Å². The van der Waals surface area contributed by atoms with Gasteiger partial charge in [0.1, 0.15) is 0 Å². The summed E-state index contributed by atoms with van der Waals surface area (Å²) in [6, 6.07) is 14.8. The Morgan fingerprint density at radius 1 is 1.16 bits per heavy atom. The zero-order chi connectivity index (χ0) is 13.2. The summed E-state index contributed by atoms with van der Waals surface area (Å²) < 4.78 is 1.10. The summed E-state index contributed by atoms with van der Waals surface area (Å²) in [5.74, 6) is 0. The van der Waals surface area contributed by atoms with Crippen LogP contribution in [-0.4, -0.2) is 13.1 Å². The van der Waals surface area contributed by atoms with Crippen LogP contribution in [0.1, 0.15) is 5.56 Å². The molecular weight excluding hydrogens is 302 g/mol. The molecule has 0 aliphatic carbocycles. The van der Waals surface area contributed by atoms with Gasteiger partial charge in [-0.2, -0.15) is 0 Å². The van der Waals surface area contributed by atoms with Gasteiger partial charge >= 0.3 is 0 Å². The summed E-state index contributed by atoms with van der Waals surface area (Å²) in [7, 11) is 0. The first-order valence-corrected chi connectivity index (χ1v) is 7.17. The summed E-state index contributed by atoms with van der Waals surface area (Å²) >= 11 is 3.54. The van der Waals surface area contributed by atoms with Gasteiger partial charge in [-0.05, 0) is 35.9 Å². The van der Waals surface area contributed by atoms with Gasteiger partial charge in [0.15, 0.2) is 0 Å². The van der Waals surface area contributed by atoms with Crippen LogP contribution in [0.2, 0.25) is 0 Å². The van der Waals surface area contributed by atoms with Crippen molar-refractivity contribution in [2.45, 2.75) is 6.54 Å². The van der Waals surface area contributed by atoms with Gasteiger partial charge < -0.3 is 16.0 Å². The van der Waals surface area contributed by atoms with Crippen molar-refractivity contribution in [2.75, 3.05) is 23.3 Å². The number of halogens is 1. The number of hydrogen-bond acceptors (Lipinski definition) is 3. The van der Waals surface area contributed by atoms with Crippen molar-refractivity contribution in [2.24, 2.45) is 5.73 Å². The summed E-state index contributed by atoms with van der Waals surface area (Å²) in [6.45, 7) is 2.50. The van der Waals surface area contributed by atoms with Crippen molar-refractivity contribution in [3.05, 3.63) is 52.5 Å². The van der Waals surface area contributed by atoms with Crippen molar-refractivity contribution in [1.82, 2.24) is 0 Å². The van der Waals surface area contributed by atoms with Crippen molar-refractivity contribution in [1.29, 1.82) is 0 Å². The van der Waals surface area contributed by atoms with Crippen LogP contribution >= 0.6 is 15.9 Å². The molecule has 0 atom stereocenters. The molecule has 2 aromatic rings. The Bertz CT molecular complexity index is 580. The predicted molar refractivity (Wildman–Crippen MR) is 84.0 cm³/mol. The van der Waals surface area contributed by atoms with Gasteiger partial charge in [-0.15, -0.1) is 0 Å². The van der Waals surface area contributed by atoms with Crippen LogP contribution in [0.4, 0.5) is 17.1 Å². The summed E-state index contributed by atoms with van der Waals surface area (Å²) in [5.41, 5.74) is 10.4. The Morgan fingerprint density at radius 3 is 2.68 bits per heavy atom. The molecule has 1 aliphatic heterocycles. The third kappa shape index (κ3) is 2.46. The Labute approximate surface area is 121 Å². The quantitative estimate of drug-likeness (QED) is 0.891. The van der Waals surface area contributed by atoms with E-state index >= 15 is 0 Å². The Hall–Kier alpha value is -1.52. The minimum absolute atomic E-state index is 0.587. The van der Waals surface area contributed by atoms with Gasteiger partial charge in [-0.1, -0.05) is 28.1 Å². The lowest BCUT2D eigenvalue weighted by molar-refractivity contribution is 0.925. The van der Waals surface area contributed by atoms with E-state index in [2.05, 4.69) is 68.6 Å². The molecule has 19 heavy (non-hydrogen) atoms. The first kappa shape index (κ1) is 12.5. The Balaban J connectivity index is 2.00. The summed E-state index contributed by atoms with van der Waals surface area (Å²) in [5, 5.41) is 3.43. The molecule has 2 aromatic carbocycles. The average Bonchev–Trinajstić information content (AvgIpc) is 2.47. The molecule has 0 fully saturated rings.